The number of carbonyl (C=O) groups is 1. The van der Waals surface area contributed by atoms with Crippen molar-refractivity contribution in [1.82, 2.24) is 15.3 Å². The Morgan fingerprint density at radius 2 is 1.88 bits per heavy atom. The highest BCUT2D eigenvalue weighted by Gasteiger charge is 2.14. The van der Waals surface area contributed by atoms with Gasteiger partial charge in [-0.3, -0.25) is 4.79 Å². The Morgan fingerprint density at radius 3 is 2.64 bits per heavy atom. The summed E-state index contributed by atoms with van der Waals surface area (Å²) < 4.78 is 5.86. The molecule has 3 aromatic rings. The molecule has 3 rings (SSSR count). The van der Waals surface area contributed by atoms with Crippen molar-refractivity contribution < 1.29 is 9.53 Å². The molecule has 2 heterocycles. The monoisotopic (exact) mass is 334 g/mol. The van der Waals surface area contributed by atoms with Gasteiger partial charge in [-0.05, 0) is 37.3 Å². The summed E-state index contributed by atoms with van der Waals surface area (Å²) in [4.78, 5) is 20.5. The number of nitrogens with one attached hydrogen (secondary N) is 2. The first-order chi connectivity index (χ1) is 12.2. The van der Waals surface area contributed by atoms with Gasteiger partial charge >= 0.3 is 0 Å². The van der Waals surface area contributed by atoms with Crippen molar-refractivity contribution in [2.75, 3.05) is 12.4 Å². The maximum atomic E-state index is 12.0. The van der Waals surface area contributed by atoms with Crippen LogP contribution in [0.4, 0.5) is 11.5 Å². The molecule has 1 amide bonds. The second-order valence-electron chi connectivity index (χ2n) is 5.35. The maximum absolute atomic E-state index is 12.0. The lowest BCUT2D eigenvalue weighted by Crippen LogP contribution is -2.20. The van der Waals surface area contributed by atoms with Crippen molar-refractivity contribution in [3.05, 3.63) is 72.2 Å². The molecule has 0 saturated heterocycles. The lowest BCUT2D eigenvalue weighted by molar-refractivity contribution is 0.0955. The van der Waals surface area contributed by atoms with Crippen LogP contribution >= 0.6 is 0 Å². The van der Waals surface area contributed by atoms with Crippen LogP contribution in [0.15, 0.2) is 60.8 Å². The highest BCUT2D eigenvalue weighted by atomic mass is 16.5. The number of para-hydroxylation sites is 1. The van der Waals surface area contributed by atoms with Gasteiger partial charge in [0, 0.05) is 30.7 Å². The Labute approximate surface area is 145 Å². The van der Waals surface area contributed by atoms with Gasteiger partial charge in [0.05, 0.1) is 0 Å². The van der Waals surface area contributed by atoms with Gasteiger partial charge in [0.2, 0.25) is 0 Å². The summed E-state index contributed by atoms with van der Waals surface area (Å²) >= 11 is 0. The number of ether oxygens (including phenoxy) is 1. The van der Waals surface area contributed by atoms with Crippen LogP contribution in [-0.4, -0.2) is 22.9 Å². The van der Waals surface area contributed by atoms with Crippen molar-refractivity contribution in [1.29, 1.82) is 0 Å². The molecule has 0 aliphatic heterocycles. The van der Waals surface area contributed by atoms with E-state index >= 15 is 0 Å². The van der Waals surface area contributed by atoms with Crippen molar-refractivity contribution in [2.45, 2.75) is 6.92 Å². The molecule has 0 bridgehead atoms. The predicted molar refractivity (Wildman–Crippen MR) is 96.4 cm³/mol. The highest BCUT2D eigenvalue weighted by Crippen LogP contribution is 2.26. The second kappa shape index (κ2) is 7.44. The Bertz CT molecular complexity index is 882. The molecule has 0 aliphatic rings. The molecule has 6 nitrogen and oxygen atoms in total. The minimum absolute atomic E-state index is 0.247. The van der Waals surface area contributed by atoms with E-state index in [0.717, 1.165) is 11.4 Å². The Balaban J connectivity index is 1.84. The first kappa shape index (κ1) is 16.4. The van der Waals surface area contributed by atoms with Gasteiger partial charge < -0.3 is 15.4 Å². The van der Waals surface area contributed by atoms with Crippen molar-refractivity contribution in [3.8, 4) is 11.5 Å². The van der Waals surface area contributed by atoms with Crippen molar-refractivity contribution in [3.63, 3.8) is 0 Å². The second-order valence-corrected chi connectivity index (χ2v) is 5.35. The van der Waals surface area contributed by atoms with E-state index in [9.17, 15) is 4.79 Å². The molecule has 0 unspecified atom stereocenters. The minimum atomic E-state index is -0.296. The third-order valence-electron chi connectivity index (χ3n) is 3.45. The fourth-order valence-corrected chi connectivity index (χ4v) is 2.25. The standard InChI is InChI=1S/C19H18N4O2/c1-13-8-9-16(18(22-13)19(24)20-2)25-15-10-11-21-17(12-15)23-14-6-4-3-5-7-14/h3-12H,1-2H3,(H,20,24)(H,21,23). The number of hydrogen-bond acceptors (Lipinski definition) is 5. The van der Waals surface area contributed by atoms with E-state index in [1.807, 2.05) is 37.3 Å². The number of carbonyl (C=O) groups excluding carboxylic acids is 1. The van der Waals surface area contributed by atoms with E-state index in [1.165, 1.54) is 0 Å². The molecule has 0 aliphatic carbocycles. The van der Waals surface area contributed by atoms with E-state index in [2.05, 4.69) is 20.6 Å². The molecule has 0 radical (unpaired) electrons. The van der Waals surface area contributed by atoms with Crippen molar-refractivity contribution in [2.24, 2.45) is 0 Å². The van der Waals surface area contributed by atoms with Crippen LogP contribution in [0.25, 0.3) is 0 Å². The molecular formula is C19H18N4O2. The summed E-state index contributed by atoms with van der Waals surface area (Å²) in [7, 11) is 1.56. The van der Waals surface area contributed by atoms with Gasteiger partial charge in [0.25, 0.3) is 5.91 Å². The molecule has 25 heavy (non-hydrogen) atoms. The number of rotatable bonds is 5. The van der Waals surface area contributed by atoms with Crippen LogP contribution in [0.5, 0.6) is 11.5 Å². The fraction of sp³-hybridized carbons (Fsp3) is 0.105. The first-order valence-electron chi connectivity index (χ1n) is 7.81. The third kappa shape index (κ3) is 4.11. The van der Waals surface area contributed by atoms with Gasteiger partial charge in [0.1, 0.15) is 11.6 Å². The summed E-state index contributed by atoms with van der Waals surface area (Å²) in [6.45, 7) is 1.82. The number of hydrogen-bond donors (Lipinski definition) is 2. The summed E-state index contributed by atoms with van der Waals surface area (Å²) in [5.41, 5.74) is 1.92. The summed E-state index contributed by atoms with van der Waals surface area (Å²) in [6, 6.07) is 16.7. The summed E-state index contributed by atoms with van der Waals surface area (Å²) in [5.74, 6) is 1.30. The zero-order chi connectivity index (χ0) is 17.6. The topological polar surface area (TPSA) is 76.1 Å². The third-order valence-corrected chi connectivity index (χ3v) is 3.45. The minimum Gasteiger partial charge on any atom is -0.455 e. The van der Waals surface area contributed by atoms with Gasteiger partial charge in [-0.1, -0.05) is 18.2 Å². The number of pyridine rings is 2. The highest BCUT2D eigenvalue weighted by molar-refractivity contribution is 5.94. The zero-order valence-corrected chi connectivity index (χ0v) is 14.0. The quantitative estimate of drug-likeness (QED) is 0.744. The molecule has 0 atom stereocenters. The van der Waals surface area contributed by atoms with Crippen LogP contribution in [-0.2, 0) is 0 Å². The lowest BCUT2D eigenvalue weighted by Gasteiger charge is -2.11. The summed E-state index contributed by atoms with van der Waals surface area (Å²) in [5, 5.41) is 5.77. The number of nitrogens with zero attached hydrogens (tertiary/aromatic N) is 2. The Kier molecular flexibility index (Phi) is 4.89. The zero-order valence-electron chi connectivity index (χ0n) is 14.0. The molecule has 0 fully saturated rings. The number of aromatic nitrogens is 2. The van der Waals surface area contributed by atoms with E-state index in [-0.39, 0.29) is 11.6 Å². The number of amides is 1. The Hall–Kier alpha value is -3.41. The Morgan fingerprint density at radius 1 is 1.08 bits per heavy atom. The van der Waals surface area contributed by atoms with E-state index in [4.69, 9.17) is 4.74 Å². The smallest absolute Gasteiger partial charge is 0.273 e. The number of benzene rings is 1. The molecule has 0 saturated carbocycles. The largest absolute Gasteiger partial charge is 0.455 e. The number of aryl methyl sites for hydroxylation is 1. The SMILES string of the molecule is CNC(=O)c1nc(C)ccc1Oc1ccnc(Nc2ccccc2)c1. The number of anilines is 2. The van der Waals surface area contributed by atoms with Crippen LogP contribution in [0.3, 0.4) is 0 Å². The van der Waals surface area contributed by atoms with Crippen LogP contribution in [0.1, 0.15) is 16.2 Å². The van der Waals surface area contributed by atoms with Gasteiger partial charge in [-0.15, -0.1) is 0 Å². The van der Waals surface area contributed by atoms with E-state index < -0.39 is 0 Å². The molecule has 0 spiro atoms. The average Bonchev–Trinajstić information content (AvgIpc) is 2.64. The van der Waals surface area contributed by atoms with E-state index in [0.29, 0.717) is 17.3 Å². The van der Waals surface area contributed by atoms with Gasteiger partial charge in [0.15, 0.2) is 11.4 Å². The van der Waals surface area contributed by atoms with Crippen molar-refractivity contribution >= 4 is 17.4 Å². The maximum Gasteiger partial charge on any atom is 0.273 e. The fourth-order valence-electron chi connectivity index (χ4n) is 2.25. The summed E-state index contributed by atoms with van der Waals surface area (Å²) in [6.07, 6.45) is 1.64. The van der Waals surface area contributed by atoms with Crippen LogP contribution in [0.2, 0.25) is 0 Å². The first-order valence-corrected chi connectivity index (χ1v) is 7.81. The molecule has 2 N–H and O–H groups in total. The van der Waals surface area contributed by atoms with Crippen LogP contribution < -0.4 is 15.4 Å². The predicted octanol–water partition coefficient (Wildman–Crippen LogP) is 3.68. The normalized spacial score (nSPS) is 10.2. The van der Waals surface area contributed by atoms with Gasteiger partial charge in [-0.25, -0.2) is 9.97 Å². The molecule has 2 aromatic heterocycles. The van der Waals surface area contributed by atoms with Gasteiger partial charge in [-0.2, -0.15) is 0 Å². The average molecular weight is 334 g/mol. The van der Waals surface area contributed by atoms with E-state index in [1.54, 1.807) is 37.5 Å². The molecule has 1 aromatic carbocycles. The lowest BCUT2D eigenvalue weighted by atomic mass is 10.2. The molecular weight excluding hydrogens is 316 g/mol. The molecule has 6 heteroatoms. The van der Waals surface area contributed by atoms with Crippen LogP contribution in [0, 0.1) is 6.92 Å². The molecule has 126 valence electrons.